The standard InChI is InChI=1S/C25H35N5O4/c1-15(2)14-29-23-18(5-8-20(31)28-11-9-17(10-12-28)16(3)4)13-26-30(23)25(34)21(24(29)33)22(32)27-19-6-7-19/h5,8,13,15-17,19,33H,6-7,9-12,14H2,1-4H3,(H,27,32). The van der Waals surface area contributed by atoms with Gasteiger partial charge in [0.1, 0.15) is 5.65 Å². The second-order valence-electron chi connectivity index (χ2n) is 10.3. The number of carbonyl (C=O) groups excluding carboxylic acids is 2. The molecule has 0 atom stereocenters. The number of nitrogens with one attached hydrogen (secondary N) is 1. The Labute approximate surface area is 199 Å². The second kappa shape index (κ2) is 9.64. The zero-order chi connectivity index (χ0) is 24.6. The van der Waals surface area contributed by atoms with E-state index in [0.717, 1.165) is 43.3 Å². The smallest absolute Gasteiger partial charge is 0.291 e. The van der Waals surface area contributed by atoms with Gasteiger partial charge in [-0.2, -0.15) is 9.61 Å². The van der Waals surface area contributed by atoms with Crippen LogP contribution in [0.4, 0.5) is 0 Å². The molecule has 2 aromatic heterocycles. The van der Waals surface area contributed by atoms with E-state index in [2.05, 4.69) is 24.3 Å². The van der Waals surface area contributed by atoms with E-state index in [1.165, 1.54) is 12.3 Å². The maximum absolute atomic E-state index is 13.1. The lowest BCUT2D eigenvalue weighted by atomic mass is 9.87. The Hall–Kier alpha value is -3.10. The number of hydrogen-bond acceptors (Lipinski definition) is 5. The molecule has 34 heavy (non-hydrogen) atoms. The largest absolute Gasteiger partial charge is 0.494 e. The predicted molar refractivity (Wildman–Crippen MR) is 130 cm³/mol. The van der Waals surface area contributed by atoms with Crippen LogP contribution in [0, 0.1) is 17.8 Å². The molecule has 3 heterocycles. The number of likely N-dealkylation sites (tertiary alicyclic amines) is 1. The van der Waals surface area contributed by atoms with Crippen LogP contribution in [-0.4, -0.2) is 55.1 Å². The molecule has 184 valence electrons. The first kappa shape index (κ1) is 24.0. The van der Waals surface area contributed by atoms with Gasteiger partial charge in [-0.1, -0.05) is 27.7 Å². The van der Waals surface area contributed by atoms with Crippen molar-refractivity contribution >= 4 is 23.5 Å². The molecule has 2 amide bonds. The Kier molecular flexibility index (Phi) is 6.81. The van der Waals surface area contributed by atoms with E-state index >= 15 is 0 Å². The molecule has 0 bridgehead atoms. The first-order valence-corrected chi connectivity index (χ1v) is 12.3. The summed E-state index contributed by atoms with van der Waals surface area (Å²) in [6, 6.07) is 0.0493. The summed E-state index contributed by atoms with van der Waals surface area (Å²) < 4.78 is 2.68. The summed E-state index contributed by atoms with van der Waals surface area (Å²) in [6.45, 7) is 10.3. The highest BCUT2D eigenvalue weighted by atomic mass is 16.3. The van der Waals surface area contributed by atoms with Crippen LogP contribution < -0.4 is 10.9 Å². The molecule has 4 rings (SSSR count). The highest BCUT2D eigenvalue weighted by Gasteiger charge is 2.30. The second-order valence-corrected chi connectivity index (χ2v) is 10.3. The van der Waals surface area contributed by atoms with Gasteiger partial charge in [-0.3, -0.25) is 19.0 Å². The maximum atomic E-state index is 13.1. The van der Waals surface area contributed by atoms with Gasteiger partial charge < -0.3 is 15.3 Å². The summed E-state index contributed by atoms with van der Waals surface area (Å²) >= 11 is 0. The summed E-state index contributed by atoms with van der Waals surface area (Å²) in [5.74, 6) is 0.357. The fourth-order valence-electron chi connectivity index (χ4n) is 4.60. The van der Waals surface area contributed by atoms with Gasteiger partial charge in [-0.15, -0.1) is 0 Å². The molecule has 0 spiro atoms. The lowest BCUT2D eigenvalue weighted by molar-refractivity contribution is -0.127. The minimum Gasteiger partial charge on any atom is -0.494 e. The molecule has 2 fully saturated rings. The molecule has 0 unspecified atom stereocenters. The third kappa shape index (κ3) is 4.88. The van der Waals surface area contributed by atoms with E-state index < -0.39 is 11.5 Å². The fourth-order valence-corrected chi connectivity index (χ4v) is 4.60. The molecule has 2 N–H and O–H groups in total. The number of piperidine rings is 1. The first-order chi connectivity index (χ1) is 16.2. The third-order valence-corrected chi connectivity index (χ3v) is 6.80. The quantitative estimate of drug-likeness (QED) is 0.606. The molecule has 0 aromatic carbocycles. The topological polar surface area (TPSA) is 109 Å². The van der Waals surface area contributed by atoms with Gasteiger partial charge in [0.2, 0.25) is 11.8 Å². The molecule has 9 nitrogen and oxygen atoms in total. The zero-order valence-electron chi connectivity index (χ0n) is 20.5. The predicted octanol–water partition coefficient (Wildman–Crippen LogP) is 2.66. The van der Waals surface area contributed by atoms with E-state index in [-0.39, 0.29) is 29.3 Å². The number of rotatable bonds is 7. The van der Waals surface area contributed by atoms with Crippen LogP contribution in [0.15, 0.2) is 17.1 Å². The first-order valence-electron chi connectivity index (χ1n) is 12.3. The van der Waals surface area contributed by atoms with E-state index in [4.69, 9.17) is 0 Å². The SMILES string of the molecule is CC(C)Cn1c(O)c(C(=O)NC2CC2)c(=O)n2ncc(C=CC(=O)N3CCC(C(C)C)CC3)c12. The summed E-state index contributed by atoms with van der Waals surface area (Å²) in [5, 5.41) is 17.9. The molecule has 9 heteroatoms. The monoisotopic (exact) mass is 469 g/mol. The van der Waals surface area contributed by atoms with Crippen molar-refractivity contribution in [3.63, 3.8) is 0 Å². The lowest BCUT2D eigenvalue weighted by Crippen LogP contribution is -2.38. The van der Waals surface area contributed by atoms with Crippen LogP contribution in [0.1, 0.15) is 69.3 Å². The van der Waals surface area contributed by atoms with Gasteiger partial charge in [0.05, 0.1) is 6.20 Å². The van der Waals surface area contributed by atoms with Crippen molar-refractivity contribution in [3.05, 3.63) is 33.8 Å². The Balaban J connectivity index is 1.65. The normalized spacial score (nSPS) is 17.4. The van der Waals surface area contributed by atoms with Crippen molar-refractivity contribution < 1.29 is 14.7 Å². The minimum atomic E-state index is -0.674. The van der Waals surface area contributed by atoms with Gasteiger partial charge in [0.15, 0.2) is 5.56 Å². The van der Waals surface area contributed by atoms with Gasteiger partial charge in [0, 0.05) is 37.3 Å². The number of carbonyl (C=O) groups is 2. The highest BCUT2D eigenvalue weighted by Crippen LogP contribution is 2.26. The van der Waals surface area contributed by atoms with E-state index in [0.29, 0.717) is 29.6 Å². The molecule has 2 aromatic rings. The van der Waals surface area contributed by atoms with Crippen LogP contribution in [-0.2, 0) is 11.3 Å². The molecule has 1 aliphatic carbocycles. The Morgan fingerprint density at radius 1 is 1.18 bits per heavy atom. The van der Waals surface area contributed by atoms with Crippen molar-refractivity contribution in [1.29, 1.82) is 0 Å². The number of fused-ring (bicyclic) bond motifs is 1. The zero-order valence-corrected chi connectivity index (χ0v) is 20.5. The number of amides is 2. The number of aromatic hydroxyl groups is 1. The van der Waals surface area contributed by atoms with Crippen molar-refractivity contribution in [2.45, 2.75) is 66.0 Å². The summed E-state index contributed by atoms with van der Waals surface area (Å²) in [4.78, 5) is 40.4. The Morgan fingerprint density at radius 3 is 2.44 bits per heavy atom. The van der Waals surface area contributed by atoms with E-state index in [1.54, 1.807) is 10.6 Å². The summed E-state index contributed by atoms with van der Waals surface area (Å²) in [5.41, 5.74) is -0.0791. The van der Waals surface area contributed by atoms with Gasteiger partial charge in [0.25, 0.3) is 11.5 Å². The number of hydrogen-bond donors (Lipinski definition) is 2. The Morgan fingerprint density at radius 2 is 1.85 bits per heavy atom. The van der Waals surface area contributed by atoms with Gasteiger partial charge >= 0.3 is 0 Å². The molecule has 2 aliphatic rings. The maximum Gasteiger partial charge on any atom is 0.291 e. The van der Waals surface area contributed by atoms with Gasteiger partial charge in [-0.25, -0.2) is 0 Å². The number of aromatic nitrogens is 3. The van der Waals surface area contributed by atoms with Crippen LogP contribution in [0.5, 0.6) is 5.88 Å². The van der Waals surface area contributed by atoms with E-state index in [1.807, 2.05) is 18.7 Å². The van der Waals surface area contributed by atoms with Crippen molar-refractivity contribution in [3.8, 4) is 5.88 Å². The molecular formula is C25H35N5O4. The average molecular weight is 470 g/mol. The molecule has 1 saturated heterocycles. The molecule has 1 saturated carbocycles. The average Bonchev–Trinajstić information content (AvgIpc) is 3.50. The number of nitrogens with zero attached hydrogens (tertiary/aromatic N) is 4. The van der Waals surface area contributed by atoms with Crippen LogP contribution in [0.2, 0.25) is 0 Å². The molecule has 0 radical (unpaired) electrons. The Bertz CT molecular complexity index is 1160. The summed E-state index contributed by atoms with van der Waals surface area (Å²) in [6.07, 6.45) is 8.37. The van der Waals surface area contributed by atoms with Crippen molar-refractivity contribution in [2.75, 3.05) is 13.1 Å². The van der Waals surface area contributed by atoms with Crippen LogP contribution in [0.25, 0.3) is 11.7 Å². The third-order valence-electron chi connectivity index (χ3n) is 6.80. The van der Waals surface area contributed by atoms with Crippen LogP contribution >= 0.6 is 0 Å². The van der Waals surface area contributed by atoms with Crippen LogP contribution in [0.3, 0.4) is 0 Å². The molecule has 1 aliphatic heterocycles. The highest BCUT2D eigenvalue weighted by molar-refractivity contribution is 5.97. The van der Waals surface area contributed by atoms with E-state index in [9.17, 15) is 19.5 Å². The summed E-state index contributed by atoms with van der Waals surface area (Å²) in [7, 11) is 0. The lowest BCUT2D eigenvalue weighted by Gasteiger charge is -2.33. The molecular weight excluding hydrogens is 434 g/mol. The van der Waals surface area contributed by atoms with Crippen molar-refractivity contribution in [1.82, 2.24) is 24.4 Å². The fraction of sp³-hybridized carbons (Fsp3) is 0.600. The van der Waals surface area contributed by atoms with Gasteiger partial charge in [-0.05, 0) is 49.5 Å². The minimum absolute atomic E-state index is 0.0493. The van der Waals surface area contributed by atoms with Crippen molar-refractivity contribution in [2.24, 2.45) is 17.8 Å².